The number of hydrogen-bond donors (Lipinski definition) is 1. The summed E-state index contributed by atoms with van der Waals surface area (Å²) >= 11 is 0. The van der Waals surface area contributed by atoms with Crippen LogP contribution in [0, 0.1) is 45.8 Å². The van der Waals surface area contributed by atoms with Crippen molar-refractivity contribution in [1.29, 1.82) is 0 Å². The molecule has 184 valence electrons. The Morgan fingerprint density at radius 2 is 1.52 bits per heavy atom. The number of nitrogens with two attached hydrogens (primary N) is 1. The summed E-state index contributed by atoms with van der Waals surface area (Å²) < 4.78 is 0. The summed E-state index contributed by atoms with van der Waals surface area (Å²) in [5, 5.41) is 0. The van der Waals surface area contributed by atoms with E-state index in [9.17, 15) is 0 Å². The van der Waals surface area contributed by atoms with E-state index in [0.29, 0.717) is 22.3 Å². The fourth-order valence-corrected chi connectivity index (χ4v) is 9.29. The summed E-state index contributed by atoms with van der Waals surface area (Å²) in [4.78, 5) is 0. The van der Waals surface area contributed by atoms with E-state index < -0.39 is 0 Å². The Bertz CT molecular complexity index is 537. The van der Waals surface area contributed by atoms with E-state index in [0.717, 1.165) is 29.6 Å². The van der Waals surface area contributed by atoms with E-state index >= 15 is 0 Å². The van der Waals surface area contributed by atoms with Gasteiger partial charge in [-0.2, -0.15) is 0 Å². The second-order valence-electron chi connectivity index (χ2n) is 12.8. The quantitative estimate of drug-likeness (QED) is 0.425. The smallest absolute Gasteiger partial charge is 0.00105 e. The van der Waals surface area contributed by atoms with E-state index in [1.165, 1.54) is 77.0 Å². The van der Waals surface area contributed by atoms with Gasteiger partial charge in [0.2, 0.25) is 0 Å². The van der Waals surface area contributed by atoms with Gasteiger partial charge in [-0.1, -0.05) is 74.7 Å². The van der Waals surface area contributed by atoms with Gasteiger partial charge in [0.25, 0.3) is 0 Å². The standard InChI is InChI=1S/C28H53N.C2H6/c1-8-16-26(5)17-9-10-18-28(26,7)25-15-19-27(6)23(13-14-24(27)22(25)4)20(2)11-12-21(3)29;1-2/h20-25H,8-19,29H2,1-7H3;1-2H3. The first-order chi connectivity index (χ1) is 14.6. The Labute approximate surface area is 197 Å². The molecule has 0 spiro atoms. The maximum Gasteiger partial charge on any atom is 0.00105 e. The average Bonchev–Trinajstić information content (AvgIpc) is 3.08. The Hall–Kier alpha value is -0.0400. The van der Waals surface area contributed by atoms with Crippen LogP contribution in [0.3, 0.4) is 0 Å². The molecule has 1 nitrogen and oxygen atoms in total. The van der Waals surface area contributed by atoms with Crippen LogP contribution in [0.15, 0.2) is 0 Å². The third-order valence-corrected chi connectivity index (χ3v) is 11.2. The van der Waals surface area contributed by atoms with E-state index in [1.54, 1.807) is 0 Å². The van der Waals surface area contributed by atoms with Crippen LogP contribution >= 0.6 is 0 Å². The molecule has 1 heteroatoms. The van der Waals surface area contributed by atoms with Crippen LogP contribution in [-0.2, 0) is 0 Å². The second kappa shape index (κ2) is 10.9. The molecule has 3 rings (SSSR count). The lowest BCUT2D eigenvalue weighted by molar-refractivity contribution is -0.113. The van der Waals surface area contributed by atoms with Crippen LogP contribution in [0.2, 0.25) is 0 Å². The zero-order valence-electron chi connectivity index (χ0n) is 23.0. The van der Waals surface area contributed by atoms with Crippen molar-refractivity contribution in [2.75, 3.05) is 0 Å². The van der Waals surface area contributed by atoms with Crippen molar-refractivity contribution in [2.45, 2.75) is 145 Å². The SMILES string of the molecule is CC.CCCC1(C)CCCCC1(C)C1CCC2(C)C(C(C)CCC(C)N)CCC2C1C. The molecule has 31 heavy (non-hydrogen) atoms. The Morgan fingerprint density at radius 3 is 2.13 bits per heavy atom. The van der Waals surface area contributed by atoms with Gasteiger partial charge in [-0.3, -0.25) is 0 Å². The maximum atomic E-state index is 6.09. The third-order valence-electron chi connectivity index (χ3n) is 11.2. The minimum Gasteiger partial charge on any atom is -0.328 e. The molecule has 9 unspecified atom stereocenters. The minimum atomic E-state index is 0.361. The third kappa shape index (κ3) is 5.07. The largest absolute Gasteiger partial charge is 0.328 e. The molecule has 3 fully saturated rings. The molecule has 0 radical (unpaired) electrons. The zero-order valence-corrected chi connectivity index (χ0v) is 23.0. The van der Waals surface area contributed by atoms with E-state index in [2.05, 4.69) is 48.5 Å². The summed E-state index contributed by atoms with van der Waals surface area (Å²) in [6, 6.07) is 0.361. The molecule has 3 saturated carbocycles. The molecule has 0 aliphatic heterocycles. The lowest BCUT2D eigenvalue weighted by Gasteiger charge is -2.60. The maximum absolute atomic E-state index is 6.09. The summed E-state index contributed by atoms with van der Waals surface area (Å²) in [5.41, 5.74) is 7.80. The Balaban J connectivity index is 0.00000166. The molecule has 3 aliphatic rings. The summed E-state index contributed by atoms with van der Waals surface area (Å²) in [6.07, 6.45) is 17.1. The highest BCUT2D eigenvalue weighted by Crippen LogP contribution is 2.67. The van der Waals surface area contributed by atoms with Crippen molar-refractivity contribution in [3.05, 3.63) is 0 Å². The van der Waals surface area contributed by atoms with Gasteiger partial charge in [-0.25, -0.2) is 0 Å². The molecule has 0 amide bonds. The summed E-state index contributed by atoms with van der Waals surface area (Å²) in [7, 11) is 0. The predicted octanol–water partition coefficient (Wildman–Crippen LogP) is 9.24. The Morgan fingerprint density at radius 1 is 0.871 bits per heavy atom. The van der Waals surface area contributed by atoms with Crippen molar-refractivity contribution in [3.8, 4) is 0 Å². The first-order valence-corrected chi connectivity index (χ1v) is 14.3. The monoisotopic (exact) mass is 433 g/mol. The topological polar surface area (TPSA) is 26.0 Å². The Kier molecular flexibility index (Phi) is 9.59. The van der Waals surface area contributed by atoms with Crippen LogP contribution in [0.4, 0.5) is 0 Å². The lowest BCUT2D eigenvalue weighted by Crippen LogP contribution is -2.52. The number of rotatable bonds is 7. The van der Waals surface area contributed by atoms with Gasteiger partial charge >= 0.3 is 0 Å². The van der Waals surface area contributed by atoms with Gasteiger partial charge in [0.15, 0.2) is 0 Å². The van der Waals surface area contributed by atoms with Gasteiger partial charge in [0.1, 0.15) is 0 Å². The molecule has 3 aliphatic carbocycles. The number of fused-ring (bicyclic) bond motifs is 1. The van der Waals surface area contributed by atoms with Crippen molar-refractivity contribution in [1.82, 2.24) is 0 Å². The van der Waals surface area contributed by atoms with Crippen LogP contribution in [0.5, 0.6) is 0 Å². The van der Waals surface area contributed by atoms with Gasteiger partial charge in [0, 0.05) is 6.04 Å². The molecule has 0 bridgehead atoms. The first kappa shape index (κ1) is 27.2. The molecular weight excluding hydrogens is 374 g/mol. The lowest BCUT2D eigenvalue weighted by atomic mass is 9.44. The molecular formula is C30H59N. The highest BCUT2D eigenvalue weighted by molar-refractivity contribution is 5.08. The fourth-order valence-electron chi connectivity index (χ4n) is 9.29. The molecule has 2 N–H and O–H groups in total. The molecule has 0 saturated heterocycles. The van der Waals surface area contributed by atoms with Crippen LogP contribution in [-0.4, -0.2) is 6.04 Å². The normalized spacial score (nSPS) is 44.7. The first-order valence-electron chi connectivity index (χ1n) is 14.3. The van der Waals surface area contributed by atoms with Crippen molar-refractivity contribution >= 4 is 0 Å². The van der Waals surface area contributed by atoms with Gasteiger partial charge in [-0.15, -0.1) is 0 Å². The van der Waals surface area contributed by atoms with Crippen molar-refractivity contribution < 1.29 is 0 Å². The van der Waals surface area contributed by atoms with Crippen molar-refractivity contribution in [2.24, 2.45) is 51.6 Å². The molecule has 0 heterocycles. The van der Waals surface area contributed by atoms with Crippen LogP contribution < -0.4 is 5.73 Å². The molecule has 0 aromatic heterocycles. The highest BCUT2D eigenvalue weighted by Gasteiger charge is 2.59. The predicted molar refractivity (Wildman–Crippen MR) is 139 cm³/mol. The average molecular weight is 434 g/mol. The highest BCUT2D eigenvalue weighted by atomic mass is 14.6. The summed E-state index contributed by atoms with van der Waals surface area (Å²) in [6.45, 7) is 21.9. The second-order valence-corrected chi connectivity index (χ2v) is 12.8. The molecule has 0 aromatic carbocycles. The minimum absolute atomic E-state index is 0.361. The van der Waals surface area contributed by atoms with Gasteiger partial charge in [0.05, 0.1) is 0 Å². The molecule has 0 aromatic rings. The van der Waals surface area contributed by atoms with Gasteiger partial charge < -0.3 is 5.73 Å². The van der Waals surface area contributed by atoms with Crippen LogP contribution in [0.25, 0.3) is 0 Å². The molecule has 9 atom stereocenters. The van der Waals surface area contributed by atoms with E-state index in [4.69, 9.17) is 5.73 Å². The van der Waals surface area contributed by atoms with E-state index in [-0.39, 0.29) is 0 Å². The van der Waals surface area contributed by atoms with Crippen LogP contribution in [0.1, 0.15) is 139 Å². The fraction of sp³-hybridized carbons (Fsp3) is 1.00. The number of hydrogen-bond acceptors (Lipinski definition) is 1. The summed E-state index contributed by atoms with van der Waals surface area (Å²) in [5.74, 6) is 4.56. The van der Waals surface area contributed by atoms with Gasteiger partial charge in [-0.05, 0) is 111 Å². The zero-order chi connectivity index (χ0) is 23.4. The van der Waals surface area contributed by atoms with E-state index in [1.807, 2.05) is 13.8 Å². The van der Waals surface area contributed by atoms with Crippen molar-refractivity contribution in [3.63, 3.8) is 0 Å².